The van der Waals surface area contributed by atoms with E-state index in [-0.39, 0.29) is 11.7 Å². The number of alkyl halides is 3. The van der Waals surface area contributed by atoms with Gasteiger partial charge in [-0.05, 0) is 31.9 Å². The summed E-state index contributed by atoms with van der Waals surface area (Å²) < 4.78 is 45.6. The molecule has 0 fully saturated rings. The monoisotopic (exact) mass is 338 g/mol. The first-order chi connectivity index (χ1) is 11.3. The van der Waals surface area contributed by atoms with E-state index < -0.39 is 18.0 Å². The molecule has 2 aliphatic rings. The molecule has 0 saturated carbocycles. The van der Waals surface area contributed by atoms with Crippen molar-refractivity contribution in [3.8, 4) is 0 Å². The van der Waals surface area contributed by atoms with Crippen LogP contribution in [-0.2, 0) is 11.0 Å². The molecule has 2 aromatic heterocycles. The summed E-state index contributed by atoms with van der Waals surface area (Å²) in [4.78, 5) is 16.0. The van der Waals surface area contributed by atoms with Crippen LogP contribution in [0.25, 0.3) is 0 Å². The second-order valence-electron chi connectivity index (χ2n) is 5.85. The maximum Gasteiger partial charge on any atom is 0.453 e. The number of halogens is 3. The summed E-state index contributed by atoms with van der Waals surface area (Å²) in [5.74, 6) is -0.416. The first kappa shape index (κ1) is 15.0. The third kappa shape index (κ3) is 2.22. The number of anilines is 1. The zero-order chi connectivity index (χ0) is 17.1. The number of furan rings is 1. The van der Waals surface area contributed by atoms with Gasteiger partial charge in [-0.15, -0.1) is 5.10 Å². The molecular weight excluding hydrogens is 325 g/mol. The van der Waals surface area contributed by atoms with Crippen molar-refractivity contribution in [1.29, 1.82) is 0 Å². The van der Waals surface area contributed by atoms with Crippen molar-refractivity contribution in [2.75, 3.05) is 5.32 Å². The van der Waals surface area contributed by atoms with E-state index in [1.165, 1.54) is 0 Å². The van der Waals surface area contributed by atoms with Crippen molar-refractivity contribution in [1.82, 2.24) is 14.8 Å². The largest absolute Gasteiger partial charge is 0.464 e. The van der Waals surface area contributed by atoms with Crippen LogP contribution in [0, 0.1) is 6.92 Å². The summed E-state index contributed by atoms with van der Waals surface area (Å²) in [5.41, 5.74) is 1.00. The third-order valence-corrected chi connectivity index (χ3v) is 4.15. The molecule has 126 valence electrons. The van der Waals surface area contributed by atoms with E-state index in [1.807, 2.05) is 0 Å². The number of nitrogens with one attached hydrogen (secondary N) is 1. The Kier molecular flexibility index (Phi) is 3.09. The maximum absolute atomic E-state index is 13.0. The van der Waals surface area contributed by atoms with Gasteiger partial charge in [-0.3, -0.25) is 4.79 Å². The van der Waals surface area contributed by atoms with Crippen LogP contribution in [-0.4, -0.2) is 20.5 Å². The van der Waals surface area contributed by atoms with Gasteiger partial charge in [0.05, 0.1) is 0 Å². The van der Waals surface area contributed by atoms with Gasteiger partial charge in [0, 0.05) is 17.7 Å². The number of aromatic nitrogens is 3. The number of nitrogens with zero attached hydrogens (tertiary/aromatic N) is 3. The molecule has 0 saturated heterocycles. The number of allylic oxidation sites excluding steroid dienone is 2. The smallest absolute Gasteiger partial charge is 0.453 e. The first-order valence-electron chi connectivity index (χ1n) is 7.48. The molecule has 0 aromatic carbocycles. The Morgan fingerprint density at radius 3 is 2.79 bits per heavy atom. The first-order valence-corrected chi connectivity index (χ1v) is 7.48. The van der Waals surface area contributed by atoms with Gasteiger partial charge in [0.15, 0.2) is 5.78 Å². The Balaban J connectivity index is 1.91. The van der Waals surface area contributed by atoms with Crippen LogP contribution in [0.3, 0.4) is 0 Å². The fourth-order valence-electron chi connectivity index (χ4n) is 3.14. The molecule has 0 spiro atoms. The second-order valence-corrected chi connectivity index (χ2v) is 5.85. The number of hydrogen-bond acceptors (Lipinski definition) is 5. The molecule has 24 heavy (non-hydrogen) atoms. The highest BCUT2D eigenvalue weighted by atomic mass is 19.4. The standard InChI is InChI=1S/C15H13F3N4O2/c1-7-5-6-10(24-7)12-11-8(3-2-4-9(11)23)19-14-20-13(15(16,17)18)21-22(12)14/h5-6,12H,2-4H2,1H3,(H,19,20,21). The molecule has 1 N–H and O–H groups in total. The molecule has 4 rings (SSSR count). The van der Waals surface area contributed by atoms with E-state index in [9.17, 15) is 18.0 Å². The fraction of sp³-hybridized carbons (Fsp3) is 0.400. The van der Waals surface area contributed by atoms with E-state index >= 15 is 0 Å². The van der Waals surface area contributed by atoms with Crippen molar-refractivity contribution >= 4 is 11.7 Å². The zero-order valence-corrected chi connectivity index (χ0v) is 12.6. The summed E-state index contributed by atoms with van der Waals surface area (Å²) in [6.45, 7) is 1.73. The van der Waals surface area contributed by atoms with Gasteiger partial charge in [0.1, 0.15) is 17.6 Å². The normalized spacial score (nSPS) is 20.7. The molecule has 9 heteroatoms. The van der Waals surface area contributed by atoms with Gasteiger partial charge in [0.25, 0.3) is 5.82 Å². The van der Waals surface area contributed by atoms with Crippen molar-refractivity contribution in [2.45, 2.75) is 38.4 Å². The quantitative estimate of drug-likeness (QED) is 0.864. The molecule has 0 radical (unpaired) electrons. The molecule has 3 heterocycles. The Bertz CT molecular complexity index is 862. The van der Waals surface area contributed by atoms with Gasteiger partial charge >= 0.3 is 6.18 Å². The lowest BCUT2D eigenvalue weighted by molar-refractivity contribution is -0.145. The maximum atomic E-state index is 13.0. The number of aryl methyl sites for hydroxylation is 1. The van der Waals surface area contributed by atoms with Crippen molar-refractivity contribution in [3.63, 3.8) is 0 Å². The SMILES string of the molecule is Cc1ccc(C2C3=C(CCCC3=O)Nc3nc(C(F)(F)F)nn32)o1. The molecule has 0 bridgehead atoms. The van der Waals surface area contributed by atoms with Crippen LogP contribution in [0.2, 0.25) is 0 Å². The molecule has 1 aliphatic carbocycles. The molecule has 6 nitrogen and oxygen atoms in total. The van der Waals surface area contributed by atoms with Gasteiger partial charge in [-0.25, -0.2) is 4.68 Å². The van der Waals surface area contributed by atoms with Crippen LogP contribution in [0.1, 0.15) is 42.6 Å². The van der Waals surface area contributed by atoms with E-state index in [1.54, 1.807) is 19.1 Å². The topological polar surface area (TPSA) is 73.0 Å². The number of rotatable bonds is 1. The van der Waals surface area contributed by atoms with Gasteiger partial charge in [-0.2, -0.15) is 18.2 Å². The number of hydrogen-bond donors (Lipinski definition) is 1. The Labute approximate surface area is 134 Å². The minimum atomic E-state index is -4.67. The minimum Gasteiger partial charge on any atom is -0.464 e. The summed E-state index contributed by atoms with van der Waals surface area (Å²) in [7, 11) is 0. The Morgan fingerprint density at radius 1 is 1.33 bits per heavy atom. The molecule has 1 atom stereocenters. The average molecular weight is 338 g/mol. The van der Waals surface area contributed by atoms with Crippen molar-refractivity contribution in [2.24, 2.45) is 0 Å². The molecule has 2 aromatic rings. The van der Waals surface area contributed by atoms with E-state index in [2.05, 4.69) is 15.4 Å². The highest BCUT2D eigenvalue weighted by Crippen LogP contribution is 2.41. The highest BCUT2D eigenvalue weighted by Gasteiger charge is 2.43. The van der Waals surface area contributed by atoms with Crippen molar-refractivity contribution < 1.29 is 22.4 Å². The fourth-order valence-corrected chi connectivity index (χ4v) is 3.14. The van der Waals surface area contributed by atoms with Crippen LogP contribution in [0.4, 0.5) is 19.1 Å². The predicted octanol–water partition coefficient (Wildman–Crippen LogP) is 3.22. The third-order valence-electron chi connectivity index (χ3n) is 4.15. The lowest BCUT2D eigenvalue weighted by Crippen LogP contribution is -2.31. The lowest BCUT2D eigenvalue weighted by atomic mass is 9.88. The van der Waals surface area contributed by atoms with Crippen LogP contribution in [0.5, 0.6) is 0 Å². The van der Waals surface area contributed by atoms with Gasteiger partial charge in [-0.1, -0.05) is 0 Å². The summed E-state index contributed by atoms with van der Waals surface area (Å²) in [5, 5.41) is 6.42. The van der Waals surface area contributed by atoms with Crippen molar-refractivity contribution in [3.05, 3.63) is 40.7 Å². The van der Waals surface area contributed by atoms with E-state index in [4.69, 9.17) is 4.42 Å². The molecular formula is C15H13F3N4O2. The van der Waals surface area contributed by atoms with E-state index in [0.717, 1.165) is 4.68 Å². The summed E-state index contributed by atoms with van der Waals surface area (Å²) in [6, 6.07) is 2.52. The average Bonchev–Trinajstić information content (AvgIpc) is 3.11. The van der Waals surface area contributed by atoms with Gasteiger partial charge in [0.2, 0.25) is 5.95 Å². The number of fused-ring (bicyclic) bond motifs is 1. The molecule has 0 amide bonds. The Hall–Kier alpha value is -2.58. The number of carbonyl (C=O) groups is 1. The number of carbonyl (C=O) groups excluding carboxylic acids is 1. The van der Waals surface area contributed by atoms with Crippen LogP contribution in [0.15, 0.2) is 27.8 Å². The minimum absolute atomic E-state index is 0.0326. The Morgan fingerprint density at radius 2 is 2.12 bits per heavy atom. The van der Waals surface area contributed by atoms with Crippen LogP contribution >= 0.6 is 0 Å². The number of ketones is 1. The molecule has 1 aliphatic heterocycles. The lowest BCUT2D eigenvalue weighted by Gasteiger charge is -2.30. The highest BCUT2D eigenvalue weighted by molar-refractivity contribution is 5.99. The number of Topliss-reactive ketones (excluding diaryl/α,β-unsaturated/α-hetero) is 1. The summed E-state index contributed by atoms with van der Waals surface area (Å²) in [6.07, 6.45) is -3.09. The van der Waals surface area contributed by atoms with E-state index in [0.29, 0.717) is 42.1 Å². The second kappa shape index (κ2) is 4.96. The predicted molar refractivity (Wildman–Crippen MR) is 76.1 cm³/mol. The molecule has 1 unspecified atom stereocenters. The zero-order valence-electron chi connectivity index (χ0n) is 12.6. The van der Waals surface area contributed by atoms with Crippen LogP contribution < -0.4 is 5.32 Å². The van der Waals surface area contributed by atoms with Gasteiger partial charge < -0.3 is 9.73 Å². The summed E-state index contributed by atoms with van der Waals surface area (Å²) >= 11 is 0.